The molecule has 92 valence electrons. The average Bonchev–Trinajstić information content (AvgIpc) is 2.86. The molecule has 16 heavy (non-hydrogen) atoms. The summed E-state index contributed by atoms with van der Waals surface area (Å²) in [4.78, 5) is 4.46. The number of halogens is 1. The molecule has 1 heterocycles. The summed E-state index contributed by atoms with van der Waals surface area (Å²) in [5.74, 6) is 2.23. The smallest absolute Gasteiger partial charge is 0.231 e. The van der Waals surface area contributed by atoms with E-state index in [1.165, 1.54) is 25.7 Å². The molecule has 2 atom stereocenters. The molecule has 0 aromatic carbocycles. The van der Waals surface area contributed by atoms with Crippen molar-refractivity contribution in [1.82, 2.24) is 10.1 Å². The minimum absolute atomic E-state index is 0. The second kappa shape index (κ2) is 5.64. The van der Waals surface area contributed by atoms with Crippen LogP contribution in [0, 0.1) is 0 Å². The lowest BCUT2D eigenvalue weighted by atomic mass is 10.0. The van der Waals surface area contributed by atoms with E-state index >= 15 is 0 Å². The Bertz CT molecular complexity index is 304. The molecule has 0 spiro atoms. The molecule has 1 aromatic rings. The van der Waals surface area contributed by atoms with Crippen LogP contribution in [0.5, 0.6) is 0 Å². The van der Waals surface area contributed by atoms with Gasteiger partial charge in [0.2, 0.25) is 5.89 Å². The number of aromatic nitrogens is 2. The number of nitrogens with two attached hydrogens (primary N) is 1. The van der Waals surface area contributed by atoms with Gasteiger partial charge in [-0.25, -0.2) is 0 Å². The van der Waals surface area contributed by atoms with Crippen molar-refractivity contribution < 1.29 is 4.52 Å². The van der Waals surface area contributed by atoms with E-state index in [1.54, 1.807) is 0 Å². The number of hydrogen-bond acceptors (Lipinski definition) is 4. The minimum atomic E-state index is 0. The van der Waals surface area contributed by atoms with Gasteiger partial charge < -0.3 is 10.3 Å². The molecule has 0 aliphatic heterocycles. The second-order valence-corrected chi connectivity index (χ2v) is 4.62. The van der Waals surface area contributed by atoms with Crippen molar-refractivity contribution in [2.24, 2.45) is 5.73 Å². The van der Waals surface area contributed by atoms with Gasteiger partial charge in [0, 0.05) is 12.0 Å². The minimum Gasteiger partial charge on any atom is -0.339 e. The zero-order valence-electron chi connectivity index (χ0n) is 9.85. The Morgan fingerprint density at radius 2 is 1.94 bits per heavy atom. The normalized spacial score (nSPS) is 20.4. The first-order valence-corrected chi connectivity index (χ1v) is 5.77. The van der Waals surface area contributed by atoms with Crippen LogP contribution in [0.2, 0.25) is 0 Å². The Labute approximate surface area is 102 Å². The summed E-state index contributed by atoms with van der Waals surface area (Å²) in [6.07, 6.45) is 4.98. The van der Waals surface area contributed by atoms with Crippen molar-refractivity contribution in [2.75, 3.05) is 0 Å². The van der Waals surface area contributed by atoms with Crippen LogP contribution in [-0.4, -0.2) is 16.2 Å². The fourth-order valence-electron chi connectivity index (χ4n) is 2.01. The van der Waals surface area contributed by atoms with Gasteiger partial charge in [-0.1, -0.05) is 24.9 Å². The van der Waals surface area contributed by atoms with E-state index in [2.05, 4.69) is 10.1 Å². The molecule has 2 unspecified atom stereocenters. The Morgan fingerprint density at radius 1 is 1.31 bits per heavy atom. The van der Waals surface area contributed by atoms with Crippen LogP contribution < -0.4 is 5.73 Å². The maximum atomic E-state index is 5.80. The molecule has 0 radical (unpaired) electrons. The monoisotopic (exact) mass is 245 g/mol. The van der Waals surface area contributed by atoms with Crippen LogP contribution in [0.3, 0.4) is 0 Å². The largest absolute Gasteiger partial charge is 0.339 e. The first-order chi connectivity index (χ1) is 7.18. The average molecular weight is 246 g/mol. The summed E-state index contributed by atoms with van der Waals surface area (Å²) < 4.78 is 5.26. The van der Waals surface area contributed by atoms with Crippen LogP contribution in [0.1, 0.15) is 63.1 Å². The highest BCUT2D eigenvalue weighted by Gasteiger charge is 2.24. The molecule has 1 aliphatic rings. The standard InChI is InChI=1S/C11H19N3O.ClH/c1-7(8(2)12)11-13-10(14-15-11)9-5-3-4-6-9;/h7-9H,3-6,12H2,1-2H3;1H. The summed E-state index contributed by atoms with van der Waals surface area (Å²) in [6.45, 7) is 3.99. The summed E-state index contributed by atoms with van der Waals surface area (Å²) >= 11 is 0. The van der Waals surface area contributed by atoms with Crippen molar-refractivity contribution in [2.45, 2.75) is 57.4 Å². The highest BCUT2D eigenvalue weighted by atomic mass is 35.5. The summed E-state index contributed by atoms with van der Waals surface area (Å²) in [5.41, 5.74) is 5.80. The fourth-order valence-corrected chi connectivity index (χ4v) is 2.01. The summed E-state index contributed by atoms with van der Waals surface area (Å²) in [7, 11) is 0. The van der Waals surface area contributed by atoms with Crippen LogP contribution in [0.15, 0.2) is 4.52 Å². The Kier molecular flexibility index (Phi) is 4.74. The quantitative estimate of drug-likeness (QED) is 0.889. The van der Waals surface area contributed by atoms with Gasteiger partial charge in [0.15, 0.2) is 5.82 Å². The van der Waals surface area contributed by atoms with Crippen LogP contribution in [0.4, 0.5) is 0 Å². The lowest BCUT2D eigenvalue weighted by Gasteiger charge is -2.09. The number of rotatable bonds is 3. The van der Waals surface area contributed by atoms with Gasteiger partial charge >= 0.3 is 0 Å². The SMILES string of the molecule is CC(N)C(C)c1nc(C2CCCC2)no1.Cl. The Morgan fingerprint density at radius 3 is 2.50 bits per heavy atom. The maximum absolute atomic E-state index is 5.80. The molecule has 0 saturated heterocycles. The molecule has 2 rings (SSSR count). The molecule has 4 nitrogen and oxygen atoms in total. The van der Waals surface area contributed by atoms with E-state index in [4.69, 9.17) is 10.3 Å². The Hall–Kier alpha value is -0.610. The van der Waals surface area contributed by atoms with Crippen LogP contribution >= 0.6 is 12.4 Å². The van der Waals surface area contributed by atoms with Crippen LogP contribution in [0.25, 0.3) is 0 Å². The third-order valence-corrected chi connectivity index (χ3v) is 3.36. The van der Waals surface area contributed by atoms with Crippen molar-refractivity contribution in [3.8, 4) is 0 Å². The summed E-state index contributed by atoms with van der Waals surface area (Å²) in [6, 6.07) is 0.0573. The molecule has 1 aliphatic carbocycles. The highest BCUT2D eigenvalue weighted by molar-refractivity contribution is 5.85. The van der Waals surface area contributed by atoms with E-state index in [0.717, 1.165) is 5.82 Å². The van der Waals surface area contributed by atoms with Gasteiger partial charge in [-0.05, 0) is 19.8 Å². The highest BCUT2D eigenvalue weighted by Crippen LogP contribution is 2.32. The fraction of sp³-hybridized carbons (Fsp3) is 0.818. The van der Waals surface area contributed by atoms with Gasteiger partial charge in [-0.15, -0.1) is 12.4 Å². The Balaban J connectivity index is 0.00000128. The molecule has 1 aromatic heterocycles. The molecule has 0 bridgehead atoms. The zero-order valence-corrected chi connectivity index (χ0v) is 10.7. The predicted molar refractivity (Wildman–Crippen MR) is 64.8 cm³/mol. The lowest BCUT2D eigenvalue weighted by Crippen LogP contribution is -2.22. The van der Waals surface area contributed by atoms with Crippen molar-refractivity contribution in [3.05, 3.63) is 11.7 Å². The van der Waals surface area contributed by atoms with E-state index in [1.807, 2.05) is 13.8 Å². The second-order valence-electron chi connectivity index (χ2n) is 4.62. The number of nitrogens with zero attached hydrogens (tertiary/aromatic N) is 2. The van der Waals surface area contributed by atoms with E-state index in [0.29, 0.717) is 11.8 Å². The third-order valence-electron chi connectivity index (χ3n) is 3.36. The summed E-state index contributed by atoms with van der Waals surface area (Å²) in [5, 5.41) is 4.06. The van der Waals surface area contributed by atoms with E-state index < -0.39 is 0 Å². The molecule has 1 saturated carbocycles. The first kappa shape index (κ1) is 13.5. The topological polar surface area (TPSA) is 64.9 Å². The molecular formula is C11H20ClN3O. The van der Waals surface area contributed by atoms with Crippen molar-refractivity contribution in [1.29, 1.82) is 0 Å². The first-order valence-electron chi connectivity index (χ1n) is 5.77. The number of hydrogen-bond donors (Lipinski definition) is 1. The van der Waals surface area contributed by atoms with Gasteiger partial charge in [-0.3, -0.25) is 0 Å². The molecule has 1 fully saturated rings. The van der Waals surface area contributed by atoms with Gasteiger partial charge in [0.25, 0.3) is 0 Å². The molecule has 2 N–H and O–H groups in total. The van der Waals surface area contributed by atoms with Gasteiger partial charge in [0.1, 0.15) is 0 Å². The molecule has 0 amide bonds. The maximum Gasteiger partial charge on any atom is 0.231 e. The van der Waals surface area contributed by atoms with Crippen molar-refractivity contribution in [3.63, 3.8) is 0 Å². The van der Waals surface area contributed by atoms with Gasteiger partial charge in [0.05, 0.1) is 5.92 Å². The van der Waals surface area contributed by atoms with Crippen LogP contribution in [-0.2, 0) is 0 Å². The predicted octanol–water partition coefficient (Wildman–Crippen LogP) is 2.60. The zero-order chi connectivity index (χ0) is 10.8. The molecular weight excluding hydrogens is 226 g/mol. The van der Waals surface area contributed by atoms with E-state index in [-0.39, 0.29) is 24.4 Å². The third kappa shape index (κ3) is 2.74. The van der Waals surface area contributed by atoms with Crippen molar-refractivity contribution >= 4 is 12.4 Å². The van der Waals surface area contributed by atoms with E-state index in [9.17, 15) is 0 Å². The van der Waals surface area contributed by atoms with Gasteiger partial charge in [-0.2, -0.15) is 4.98 Å². The molecule has 5 heteroatoms. The lowest BCUT2D eigenvalue weighted by molar-refractivity contribution is 0.341.